The lowest BCUT2D eigenvalue weighted by atomic mass is 10.2. The lowest BCUT2D eigenvalue weighted by Crippen LogP contribution is -2.20. The highest BCUT2D eigenvalue weighted by molar-refractivity contribution is 9.11. The maximum Gasteiger partial charge on any atom is 0.338 e. The molecule has 2 aromatic carbocycles. The Hall–Kier alpha value is -2.19. The number of amides is 1. The van der Waals surface area contributed by atoms with Crippen LogP contribution in [0.5, 0.6) is 5.75 Å². The zero-order valence-electron chi connectivity index (χ0n) is 14.5. The fourth-order valence-electron chi connectivity index (χ4n) is 2.12. The number of nitrogens with one attached hydrogen (secondary N) is 1. The molecular weight excluding hydrogens is 482 g/mol. The lowest BCUT2D eigenvalue weighted by Gasteiger charge is -2.11. The van der Waals surface area contributed by atoms with Crippen LogP contribution in [0.1, 0.15) is 34.1 Å². The van der Waals surface area contributed by atoms with Crippen LogP contribution in [0.3, 0.4) is 0 Å². The predicted octanol–water partition coefficient (Wildman–Crippen LogP) is 4.61. The molecule has 0 saturated carbocycles. The quantitative estimate of drug-likeness (QED) is 0.424. The van der Waals surface area contributed by atoms with E-state index in [1.54, 1.807) is 36.4 Å². The molecule has 0 unspecified atom stereocenters. The average molecular weight is 499 g/mol. The van der Waals surface area contributed by atoms with Crippen LogP contribution in [0.15, 0.2) is 45.3 Å². The van der Waals surface area contributed by atoms with Crippen LogP contribution in [-0.2, 0) is 9.53 Å². The van der Waals surface area contributed by atoms with Gasteiger partial charge in [-0.1, -0.05) is 13.0 Å². The van der Waals surface area contributed by atoms with E-state index in [2.05, 4.69) is 37.2 Å². The molecule has 0 radical (unpaired) electrons. The molecule has 0 heterocycles. The molecule has 0 fully saturated rings. The van der Waals surface area contributed by atoms with Crippen LogP contribution in [0.2, 0.25) is 0 Å². The first-order valence-electron chi connectivity index (χ1n) is 8.08. The van der Waals surface area contributed by atoms with Gasteiger partial charge < -0.3 is 14.8 Å². The SMILES string of the molecule is CCCOC(=O)c1cccc(NC(=O)COc2c(Br)cc(C=O)cc2Br)c1. The minimum Gasteiger partial charge on any atom is -0.481 e. The largest absolute Gasteiger partial charge is 0.481 e. The minimum atomic E-state index is -0.438. The van der Waals surface area contributed by atoms with Crippen molar-refractivity contribution in [3.63, 3.8) is 0 Å². The van der Waals surface area contributed by atoms with Gasteiger partial charge in [-0.2, -0.15) is 0 Å². The molecule has 1 amide bonds. The summed E-state index contributed by atoms with van der Waals surface area (Å²) in [5, 5.41) is 2.67. The van der Waals surface area contributed by atoms with Gasteiger partial charge in [0.25, 0.3) is 5.91 Å². The van der Waals surface area contributed by atoms with E-state index < -0.39 is 11.9 Å². The topological polar surface area (TPSA) is 81.7 Å². The molecule has 142 valence electrons. The Bertz CT molecular complexity index is 831. The third-order valence-corrected chi connectivity index (χ3v) is 4.50. The van der Waals surface area contributed by atoms with Crippen LogP contribution < -0.4 is 10.1 Å². The fraction of sp³-hybridized carbons (Fsp3) is 0.211. The van der Waals surface area contributed by atoms with E-state index in [0.29, 0.717) is 44.4 Å². The van der Waals surface area contributed by atoms with Crippen molar-refractivity contribution in [2.45, 2.75) is 13.3 Å². The standard InChI is InChI=1S/C19H17Br2NO5/c1-2-6-26-19(25)13-4-3-5-14(9-13)22-17(24)11-27-18-15(20)7-12(10-23)8-16(18)21/h3-5,7-10H,2,6,11H2,1H3,(H,22,24). The number of rotatable bonds is 8. The van der Waals surface area contributed by atoms with Gasteiger partial charge in [0, 0.05) is 11.3 Å². The maximum atomic E-state index is 12.1. The van der Waals surface area contributed by atoms with Gasteiger partial charge in [-0.25, -0.2) is 4.79 Å². The number of hydrogen-bond donors (Lipinski definition) is 1. The van der Waals surface area contributed by atoms with Gasteiger partial charge in [0.2, 0.25) is 0 Å². The number of aldehydes is 1. The fourth-order valence-corrected chi connectivity index (χ4v) is 3.57. The van der Waals surface area contributed by atoms with Gasteiger partial charge in [0.15, 0.2) is 6.61 Å². The summed E-state index contributed by atoms with van der Waals surface area (Å²) < 4.78 is 11.7. The zero-order chi connectivity index (χ0) is 19.8. The number of anilines is 1. The number of hydrogen-bond acceptors (Lipinski definition) is 5. The Morgan fingerprint density at radius 3 is 2.48 bits per heavy atom. The van der Waals surface area contributed by atoms with E-state index in [4.69, 9.17) is 9.47 Å². The molecule has 1 N–H and O–H groups in total. The van der Waals surface area contributed by atoms with Crippen molar-refractivity contribution in [1.29, 1.82) is 0 Å². The Labute approximate surface area is 173 Å². The van der Waals surface area contributed by atoms with Gasteiger partial charge >= 0.3 is 5.97 Å². The first kappa shape index (κ1) is 21.1. The summed E-state index contributed by atoms with van der Waals surface area (Å²) >= 11 is 6.61. The average Bonchev–Trinajstić information content (AvgIpc) is 2.65. The lowest BCUT2D eigenvalue weighted by molar-refractivity contribution is -0.118. The van der Waals surface area contributed by atoms with E-state index in [0.717, 1.165) is 6.42 Å². The van der Waals surface area contributed by atoms with Gasteiger partial charge in [-0.3, -0.25) is 9.59 Å². The number of carbonyl (C=O) groups excluding carboxylic acids is 3. The monoisotopic (exact) mass is 497 g/mol. The van der Waals surface area contributed by atoms with Crippen LogP contribution >= 0.6 is 31.9 Å². The molecule has 0 aliphatic rings. The molecule has 0 aliphatic heterocycles. The van der Waals surface area contributed by atoms with Crippen molar-refractivity contribution in [2.75, 3.05) is 18.5 Å². The summed E-state index contributed by atoms with van der Waals surface area (Å²) in [4.78, 5) is 34.9. The van der Waals surface area contributed by atoms with Crippen LogP contribution in [-0.4, -0.2) is 31.4 Å². The molecule has 2 rings (SSSR count). The molecule has 0 bridgehead atoms. The van der Waals surface area contributed by atoms with E-state index in [9.17, 15) is 14.4 Å². The van der Waals surface area contributed by atoms with E-state index in [1.165, 1.54) is 0 Å². The van der Waals surface area contributed by atoms with Gasteiger partial charge in [-0.05, 0) is 68.6 Å². The molecule has 0 spiro atoms. The maximum absolute atomic E-state index is 12.1. The van der Waals surface area contributed by atoms with Crippen molar-refractivity contribution < 1.29 is 23.9 Å². The van der Waals surface area contributed by atoms with Crippen molar-refractivity contribution in [3.8, 4) is 5.75 Å². The molecule has 2 aromatic rings. The van der Waals surface area contributed by atoms with E-state index in [1.807, 2.05) is 6.92 Å². The smallest absolute Gasteiger partial charge is 0.338 e. The highest BCUT2D eigenvalue weighted by Crippen LogP contribution is 2.34. The molecule has 0 saturated heterocycles. The number of carbonyl (C=O) groups is 3. The van der Waals surface area contributed by atoms with Gasteiger partial charge in [-0.15, -0.1) is 0 Å². The van der Waals surface area contributed by atoms with Crippen molar-refractivity contribution >= 4 is 55.7 Å². The van der Waals surface area contributed by atoms with Crippen molar-refractivity contribution in [1.82, 2.24) is 0 Å². The highest BCUT2D eigenvalue weighted by Gasteiger charge is 2.12. The summed E-state index contributed by atoms with van der Waals surface area (Å²) in [6, 6.07) is 9.67. The minimum absolute atomic E-state index is 0.248. The van der Waals surface area contributed by atoms with Crippen LogP contribution in [0.25, 0.3) is 0 Å². The predicted molar refractivity (Wildman–Crippen MR) is 108 cm³/mol. The number of ether oxygens (including phenoxy) is 2. The molecule has 27 heavy (non-hydrogen) atoms. The number of halogens is 2. The normalized spacial score (nSPS) is 10.2. The Kier molecular flexibility index (Phi) is 7.99. The summed E-state index contributed by atoms with van der Waals surface area (Å²) in [5.74, 6) is -0.424. The molecule has 0 atom stereocenters. The van der Waals surface area contributed by atoms with E-state index >= 15 is 0 Å². The van der Waals surface area contributed by atoms with Crippen LogP contribution in [0, 0.1) is 0 Å². The summed E-state index contributed by atoms with van der Waals surface area (Å²) in [6.07, 6.45) is 1.45. The second-order valence-corrected chi connectivity index (χ2v) is 7.19. The van der Waals surface area contributed by atoms with Crippen molar-refractivity contribution in [3.05, 3.63) is 56.5 Å². The Morgan fingerprint density at radius 1 is 1.15 bits per heavy atom. The summed E-state index contributed by atoms with van der Waals surface area (Å²) in [7, 11) is 0. The van der Waals surface area contributed by atoms with Gasteiger partial charge in [0.05, 0.1) is 21.1 Å². The first-order valence-corrected chi connectivity index (χ1v) is 9.67. The van der Waals surface area contributed by atoms with Crippen LogP contribution in [0.4, 0.5) is 5.69 Å². The highest BCUT2D eigenvalue weighted by atomic mass is 79.9. The molecule has 0 aromatic heterocycles. The third-order valence-electron chi connectivity index (χ3n) is 3.32. The summed E-state index contributed by atoms with van der Waals surface area (Å²) in [5.41, 5.74) is 1.29. The van der Waals surface area contributed by atoms with Crippen molar-refractivity contribution in [2.24, 2.45) is 0 Å². The Balaban J connectivity index is 1.98. The molecular formula is C19H17Br2NO5. The zero-order valence-corrected chi connectivity index (χ0v) is 17.6. The second kappa shape index (κ2) is 10.2. The third kappa shape index (κ3) is 6.18. The summed E-state index contributed by atoms with van der Waals surface area (Å²) in [6.45, 7) is 2.01. The molecule has 8 heteroatoms. The van der Waals surface area contributed by atoms with Gasteiger partial charge in [0.1, 0.15) is 12.0 Å². The molecule has 0 aliphatic carbocycles. The molecule has 6 nitrogen and oxygen atoms in total. The number of benzene rings is 2. The Morgan fingerprint density at radius 2 is 1.85 bits per heavy atom. The second-order valence-electron chi connectivity index (χ2n) is 5.49. The number of esters is 1. The van der Waals surface area contributed by atoms with E-state index in [-0.39, 0.29) is 6.61 Å². The first-order chi connectivity index (χ1) is 12.9.